The van der Waals surface area contributed by atoms with Crippen LogP contribution in [0.3, 0.4) is 0 Å². The number of anilines is 1. The van der Waals surface area contributed by atoms with Crippen molar-refractivity contribution < 1.29 is 23.9 Å². The van der Waals surface area contributed by atoms with Gasteiger partial charge in [-0.05, 0) is 18.2 Å². The second-order valence-corrected chi connectivity index (χ2v) is 5.90. The Morgan fingerprint density at radius 3 is 2.67 bits per heavy atom. The maximum absolute atomic E-state index is 12.3. The lowest BCUT2D eigenvalue weighted by Crippen LogP contribution is -2.28. The van der Waals surface area contributed by atoms with Crippen LogP contribution >= 0.6 is 0 Å². The molecule has 1 aromatic heterocycles. The fraction of sp³-hybridized carbons (Fsp3) is 0.278. The number of ether oxygens (including phenoxy) is 2. The maximum atomic E-state index is 12.3. The number of carbonyl (C=O) groups excluding carboxylic acids is 3. The monoisotopic (exact) mass is 371 g/mol. The van der Waals surface area contributed by atoms with Gasteiger partial charge in [-0.3, -0.25) is 14.2 Å². The molecule has 1 N–H and O–H groups in total. The Labute approximate surface area is 153 Å². The fourth-order valence-electron chi connectivity index (χ4n) is 2.76. The van der Waals surface area contributed by atoms with E-state index in [1.165, 1.54) is 23.8 Å². The topological polar surface area (TPSA) is 117 Å². The summed E-state index contributed by atoms with van der Waals surface area (Å²) in [5, 5.41) is 2.54. The molecule has 2 heterocycles. The molecule has 140 valence electrons. The zero-order chi connectivity index (χ0) is 19.4. The van der Waals surface area contributed by atoms with Crippen LogP contribution in [-0.2, 0) is 19.1 Å². The molecule has 0 spiro atoms. The average molecular weight is 371 g/mol. The fourth-order valence-corrected chi connectivity index (χ4v) is 2.76. The highest BCUT2D eigenvalue weighted by Crippen LogP contribution is 2.29. The first-order chi connectivity index (χ1) is 13.0. The van der Waals surface area contributed by atoms with E-state index in [0.717, 1.165) is 0 Å². The largest absolute Gasteiger partial charge is 0.459 e. The molecule has 0 unspecified atom stereocenters. The standard InChI is InChI=1S/C18H17N3O6/c1-11(23)26-13-9-16(27-14(13)10-22)21-8-7-15(20-18(21)25)19-17(24)12-5-3-2-4-6-12/h2-8,10,13-14,16H,9H2,1H3,(H,19,20,24,25)/t13-,14+,16+/m0/s1. The number of amides is 1. The number of hydrogen-bond donors (Lipinski definition) is 1. The minimum Gasteiger partial charge on any atom is -0.459 e. The molecule has 1 saturated heterocycles. The summed E-state index contributed by atoms with van der Waals surface area (Å²) in [7, 11) is 0. The van der Waals surface area contributed by atoms with Gasteiger partial charge in [-0.2, -0.15) is 4.98 Å². The smallest absolute Gasteiger partial charge is 0.351 e. The lowest BCUT2D eigenvalue weighted by Gasteiger charge is -2.13. The van der Waals surface area contributed by atoms with Crippen molar-refractivity contribution in [2.75, 3.05) is 5.32 Å². The minimum atomic E-state index is -0.955. The van der Waals surface area contributed by atoms with Crippen LogP contribution in [0.15, 0.2) is 47.4 Å². The first-order valence-corrected chi connectivity index (χ1v) is 8.21. The molecule has 3 atom stereocenters. The number of aldehydes is 1. The van der Waals surface area contributed by atoms with Crippen molar-refractivity contribution in [2.45, 2.75) is 31.8 Å². The van der Waals surface area contributed by atoms with Gasteiger partial charge < -0.3 is 19.6 Å². The molecule has 1 amide bonds. The van der Waals surface area contributed by atoms with Gasteiger partial charge in [-0.15, -0.1) is 0 Å². The number of hydrogen-bond acceptors (Lipinski definition) is 7. The second kappa shape index (κ2) is 7.92. The lowest BCUT2D eigenvalue weighted by atomic mass is 10.2. The van der Waals surface area contributed by atoms with Crippen LogP contribution in [0, 0.1) is 0 Å². The first kappa shape index (κ1) is 18.5. The van der Waals surface area contributed by atoms with E-state index in [1.54, 1.807) is 30.3 Å². The molecule has 1 aliphatic rings. The number of nitrogens with zero attached hydrogens (tertiary/aromatic N) is 2. The van der Waals surface area contributed by atoms with E-state index in [1.807, 2.05) is 0 Å². The summed E-state index contributed by atoms with van der Waals surface area (Å²) in [6, 6.07) is 9.95. The van der Waals surface area contributed by atoms with E-state index in [4.69, 9.17) is 9.47 Å². The molecular weight excluding hydrogens is 354 g/mol. The normalized spacial score (nSPS) is 21.4. The molecule has 0 radical (unpaired) electrons. The Morgan fingerprint density at radius 1 is 1.30 bits per heavy atom. The van der Waals surface area contributed by atoms with Crippen LogP contribution < -0.4 is 11.0 Å². The number of rotatable bonds is 5. The van der Waals surface area contributed by atoms with Crippen LogP contribution in [0.25, 0.3) is 0 Å². The molecule has 0 bridgehead atoms. The quantitative estimate of drug-likeness (QED) is 0.613. The first-order valence-electron chi connectivity index (χ1n) is 8.21. The molecule has 1 fully saturated rings. The summed E-state index contributed by atoms with van der Waals surface area (Å²) < 4.78 is 11.7. The van der Waals surface area contributed by atoms with Gasteiger partial charge >= 0.3 is 11.7 Å². The van der Waals surface area contributed by atoms with Crippen LogP contribution in [0.1, 0.15) is 29.9 Å². The van der Waals surface area contributed by atoms with Gasteiger partial charge in [-0.25, -0.2) is 4.79 Å². The Balaban J connectivity index is 1.73. The highest BCUT2D eigenvalue weighted by atomic mass is 16.6. The summed E-state index contributed by atoms with van der Waals surface area (Å²) >= 11 is 0. The lowest BCUT2D eigenvalue weighted by molar-refractivity contribution is -0.150. The number of esters is 1. The highest BCUT2D eigenvalue weighted by molar-refractivity contribution is 6.03. The van der Waals surface area contributed by atoms with Crippen molar-refractivity contribution in [3.63, 3.8) is 0 Å². The molecule has 2 aromatic rings. The van der Waals surface area contributed by atoms with Gasteiger partial charge in [0.05, 0.1) is 0 Å². The van der Waals surface area contributed by atoms with Gasteiger partial charge in [-0.1, -0.05) is 18.2 Å². The van der Waals surface area contributed by atoms with E-state index in [0.29, 0.717) is 11.8 Å². The summed E-state index contributed by atoms with van der Waals surface area (Å²) in [5.74, 6) is -0.847. The molecule has 1 aromatic carbocycles. The van der Waals surface area contributed by atoms with Crippen molar-refractivity contribution in [3.05, 3.63) is 58.6 Å². The third-order valence-corrected chi connectivity index (χ3v) is 3.98. The predicted molar refractivity (Wildman–Crippen MR) is 93.0 cm³/mol. The SMILES string of the molecule is CC(=O)O[C@H]1C[C@H](n2ccc(NC(=O)c3ccccc3)nc2=O)O[C@@H]1C=O. The Bertz CT molecular complexity index is 911. The third kappa shape index (κ3) is 4.26. The van der Waals surface area contributed by atoms with E-state index in [2.05, 4.69) is 10.3 Å². The molecule has 1 aliphatic heterocycles. The molecular formula is C18H17N3O6. The van der Waals surface area contributed by atoms with Crippen LogP contribution in [-0.4, -0.2) is 39.9 Å². The van der Waals surface area contributed by atoms with Crippen molar-refractivity contribution in [2.24, 2.45) is 0 Å². The predicted octanol–water partition coefficient (Wildman–Crippen LogP) is 0.914. The zero-order valence-corrected chi connectivity index (χ0v) is 14.4. The van der Waals surface area contributed by atoms with E-state index < -0.39 is 36.0 Å². The van der Waals surface area contributed by atoms with Gasteiger partial charge in [0.1, 0.15) is 18.1 Å². The molecule has 9 nitrogen and oxygen atoms in total. The average Bonchev–Trinajstić information content (AvgIpc) is 3.04. The van der Waals surface area contributed by atoms with Crippen LogP contribution in [0.2, 0.25) is 0 Å². The van der Waals surface area contributed by atoms with E-state index in [9.17, 15) is 19.2 Å². The van der Waals surface area contributed by atoms with E-state index in [-0.39, 0.29) is 12.2 Å². The molecule has 3 rings (SSSR count). The van der Waals surface area contributed by atoms with Gasteiger partial charge in [0.15, 0.2) is 12.4 Å². The molecule has 9 heteroatoms. The summed E-state index contributed by atoms with van der Waals surface area (Å²) in [6.45, 7) is 1.23. The summed E-state index contributed by atoms with van der Waals surface area (Å²) in [4.78, 5) is 50.5. The Hall–Kier alpha value is -3.33. The van der Waals surface area contributed by atoms with Crippen molar-refractivity contribution in [1.82, 2.24) is 9.55 Å². The Morgan fingerprint density at radius 2 is 2.04 bits per heavy atom. The molecule has 27 heavy (non-hydrogen) atoms. The van der Waals surface area contributed by atoms with Crippen LogP contribution in [0.5, 0.6) is 0 Å². The van der Waals surface area contributed by atoms with Crippen LogP contribution in [0.4, 0.5) is 5.82 Å². The zero-order valence-electron chi connectivity index (χ0n) is 14.4. The maximum Gasteiger partial charge on any atom is 0.351 e. The summed E-state index contributed by atoms with van der Waals surface area (Å²) in [6.07, 6.45) is -0.458. The minimum absolute atomic E-state index is 0.0894. The van der Waals surface area contributed by atoms with Crippen molar-refractivity contribution in [1.29, 1.82) is 0 Å². The van der Waals surface area contributed by atoms with Gasteiger partial charge in [0.25, 0.3) is 5.91 Å². The molecule has 0 aliphatic carbocycles. The number of aromatic nitrogens is 2. The summed E-state index contributed by atoms with van der Waals surface area (Å²) in [5.41, 5.74) is -0.236. The van der Waals surface area contributed by atoms with Gasteiger partial charge in [0, 0.05) is 25.1 Å². The Kier molecular flexibility index (Phi) is 5.41. The second-order valence-electron chi connectivity index (χ2n) is 5.90. The van der Waals surface area contributed by atoms with E-state index >= 15 is 0 Å². The number of nitrogens with one attached hydrogen (secondary N) is 1. The number of benzene rings is 1. The van der Waals surface area contributed by atoms with Gasteiger partial charge in [0.2, 0.25) is 0 Å². The molecule has 0 saturated carbocycles. The highest BCUT2D eigenvalue weighted by Gasteiger charge is 2.38. The third-order valence-electron chi connectivity index (χ3n) is 3.98. The number of carbonyl (C=O) groups is 3. The van der Waals surface area contributed by atoms with Crippen molar-refractivity contribution >= 4 is 24.0 Å². The van der Waals surface area contributed by atoms with Crippen molar-refractivity contribution in [3.8, 4) is 0 Å².